The maximum atomic E-state index is 12.1. The quantitative estimate of drug-likeness (QED) is 0.894. The molecule has 2 rings (SSSR count). The third-order valence-electron chi connectivity index (χ3n) is 3.87. The van der Waals surface area contributed by atoms with Crippen molar-refractivity contribution >= 4 is 11.8 Å². The van der Waals surface area contributed by atoms with Crippen LogP contribution < -0.4 is 5.32 Å². The van der Waals surface area contributed by atoms with Gasteiger partial charge in [0.2, 0.25) is 11.8 Å². The van der Waals surface area contributed by atoms with Crippen molar-refractivity contribution in [3.8, 4) is 0 Å². The van der Waals surface area contributed by atoms with Gasteiger partial charge >= 0.3 is 0 Å². The van der Waals surface area contributed by atoms with Gasteiger partial charge in [-0.15, -0.1) is 0 Å². The Morgan fingerprint density at radius 2 is 1.71 bits per heavy atom. The Hall–Kier alpha value is -1.88. The third kappa shape index (κ3) is 3.61. The van der Waals surface area contributed by atoms with Crippen molar-refractivity contribution in [1.29, 1.82) is 0 Å². The second-order valence-electron chi connectivity index (χ2n) is 5.79. The van der Waals surface area contributed by atoms with Crippen LogP contribution in [0.25, 0.3) is 0 Å². The number of carbonyl (C=O) groups is 2. The van der Waals surface area contributed by atoms with Gasteiger partial charge < -0.3 is 15.1 Å². The Morgan fingerprint density at radius 1 is 1.10 bits per heavy atom. The van der Waals surface area contributed by atoms with Crippen LogP contribution in [0.2, 0.25) is 0 Å². The largest absolute Gasteiger partial charge is 0.335 e. The van der Waals surface area contributed by atoms with Crippen LogP contribution in [0.3, 0.4) is 0 Å². The zero-order chi connectivity index (χ0) is 15.6. The molecule has 5 heteroatoms. The van der Waals surface area contributed by atoms with E-state index in [2.05, 4.69) is 37.4 Å². The fourth-order valence-corrected chi connectivity index (χ4v) is 2.72. The highest BCUT2D eigenvalue weighted by molar-refractivity contribution is 5.92. The molecule has 1 N–H and O–H groups in total. The number of hydrogen-bond donors (Lipinski definition) is 1. The summed E-state index contributed by atoms with van der Waals surface area (Å²) in [4.78, 5) is 27.0. The number of benzene rings is 1. The van der Waals surface area contributed by atoms with Gasteiger partial charge in [0.05, 0.1) is 13.1 Å². The summed E-state index contributed by atoms with van der Waals surface area (Å²) in [6.07, 6.45) is 0. The normalized spacial score (nSPS) is 17.3. The van der Waals surface area contributed by atoms with E-state index in [1.54, 1.807) is 11.9 Å². The highest BCUT2D eigenvalue weighted by Crippen LogP contribution is 2.19. The summed E-state index contributed by atoms with van der Waals surface area (Å²) in [5.74, 6) is -0.00778. The van der Waals surface area contributed by atoms with Gasteiger partial charge in [0.25, 0.3) is 0 Å². The van der Waals surface area contributed by atoms with Gasteiger partial charge in [0.1, 0.15) is 0 Å². The molecule has 0 radical (unpaired) electrons. The highest BCUT2D eigenvalue weighted by atomic mass is 16.2. The van der Waals surface area contributed by atoms with E-state index in [0.717, 1.165) is 5.56 Å². The average Bonchev–Trinajstić information content (AvgIpc) is 2.40. The van der Waals surface area contributed by atoms with Gasteiger partial charge in [-0.1, -0.05) is 29.3 Å². The van der Waals surface area contributed by atoms with Gasteiger partial charge in [0.15, 0.2) is 0 Å². The smallest absolute Gasteiger partial charge is 0.242 e. The first-order chi connectivity index (χ1) is 9.90. The zero-order valence-electron chi connectivity index (χ0n) is 13.1. The fraction of sp³-hybridized carbons (Fsp3) is 0.500. The summed E-state index contributed by atoms with van der Waals surface area (Å²) >= 11 is 0. The molecular formula is C16H23N3O2. The number of carbonyl (C=O) groups excluding carboxylic acids is 2. The fourth-order valence-electron chi connectivity index (χ4n) is 2.72. The second kappa shape index (κ2) is 6.26. The van der Waals surface area contributed by atoms with Crippen molar-refractivity contribution in [2.24, 2.45) is 0 Å². The molecule has 1 aliphatic rings. The maximum Gasteiger partial charge on any atom is 0.242 e. The first-order valence-corrected chi connectivity index (χ1v) is 7.18. The summed E-state index contributed by atoms with van der Waals surface area (Å²) in [6.45, 7) is 4.97. The Morgan fingerprint density at radius 3 is 2.29 bits per heavy atom. The first-order valence-electron chi connectivity index (χ1n) is 7.18. The number of nitrogens with zero attached hydrogens (tertiary/aromatic N) is 2. The van der Waals surface area contributed by atoms with Crippen LogP contribution in [-0.4, -0.2) is 55.3 Å². The van der Waals surface area contributed by atoms with Crippen LogP contribution in [0.15, 0.2) is 18.2 Å². The molecule has 2 amide bonds. The number of likely N-dealkylation sites (N-methyl/N-ethyl adjacent to an activating group) is 2. The van der Waals surface area contributed by atoms with Crippen molar-refractivity contribution in [3.05, 3.63) is 34.9 Å². The van der Waals surface area contributed by atoms with Gasteiger partial charge in [-0.3, -0.25) is 9.59 Å². The number of piperazine rings is 1. The van der Waals surface area contributed by atoms with E-state index >= 15 is 0 Å². The lowest BCUT2D eigenvalue weighted by atomic mass is 10.0. The molecule has 0 aliphatic carbocycles. The molecule has 1 saturated heterocycles. The number of nitrogens with one attached hydrogen (secondary N) is 1. The van der Waals surface area contributed by atoms with Crippen molar-refractivity contribution in [2.45, 2.75) is 19.9 Å². The Kier molecular flexibility index (Phi) is 4.63. The molecule has 0 spiro atoms. The summed E-state index contributed by atoms with van der Waals surface area (Å²) in [5, 5.41) is 3.25. The molecule has 1 heterocycles. The van der Waals surface area contributed by atoms with E-state index in [-0.39, 0.29) is 30.9 Å². The molecule has 1 atom stereocenters. The molecule has 1 fully saturated rings. The molecule has 1 unspecified atom stereocenters. The number of aryl methyl sites for hydroxylation is 2. The summed E-state index contributed by atoms with van der Waals surface area (Å²) in [6, 6.07) is 6.40. The van der Waals surface area contributed by atoms with Gasteiger partial charge in [-0.05, 0) is 26.5 Å². The van der Waals surface area contributed by atoms with Gasteiger partial charge in [-0.2, -0.15) is 0 Å². The van der Waals surface area contributed by atoms with Crippen molar-refractivity contribution in [2.75, 3.05) is 33.7 Å². The van der Waals surface area contributed by atoms with Crippen LogP contribution in [0.5, 0.6) is 0 Å². The monoisotopic (exact) mass is 289 g/mol. The van der Waals surface area contributed by atoms with Crippen LogP contribution in [0.1, 0.15) is 22.7 Å². The second-order valence-corrected chi connectivity index (χ2v) is 5.79. The maximum absolute atomic E-state index is 12.1. The minimum atomic E-state index is -0.00937. The van der Waals surface area contributed by atoms with E-state index in [9.17, 15) is 9.59 Å². The minimum absolute atomic E-state index is 0.00160. The molecule has 0 saturated carbocycles. The van der Waals surface area contributed by atoms with Crippen LogP contribution in [0, 0.1) is 13.8 Å². The molecule has 1 aliphatic heterocycles. The van der Waals surface area contributed by atoms with E-state index < -0.39 is 0 Å². The predicted molar refractivity (Wildman–Crippen MR) is 81.9 cm³/mol. The lowest BCUT2D eigenvalue weighted by molar-refractivity contribution is -0.149. The average molecular weight is 289 g/mol. The molecule has 114 valence electrons. The summed E-state index contributed by atoms with van der Waals surface area (Å²) in [7, 11) is 3.54. The minimum Gasteiger partial charge on any atom is -0.335 e. The van der Waals surface area contributed by atoms with Gasteiger partial charge in [-0.25, -0.2) is 0 Å². The topological polar surface area (TPSA) is 52.7 Å². The standard InChI is InChI=1S/C16H23N3O2/c1-11-5-12(2)7-13(6-11)14(17-3)8-19-10-15(20)18(4)9-16(19)21/h5-7,14,17H,8-10H2,1-4H3. The molecular weight excluding hydrogens is 266 g/mol. The number of amides is 2. The number of rotatable bonds is 4. The molecule has 5 nitrogen and oxygen atoms in total. The Labute approximate surface area is 125 Å². The molecule has 0 aromatic heterocycles. The number of hydrogen-bond acceptors (Lipinski definition) is 3. The third-order valence-corrected chi connectivity index (χ3v) is 3.87. The van der Waals surface area contributed by atoms with Crippen molar-refractivity contribution < 1.29 is 9.59 Å². The summed E-state index contributed by atoms with van der Waals surface area (Å²) < 4.78 is 0. The van der Waals surface area contributed by atoms with Crippen molar-refractivity contribution in [1.82, 2.24) is 15.1 Å². The Balaban J connectivity index is 2.15. The van der Waals surface area contributed by atoms with E-state index in [1.807, 2.05) is 7.05 Å². The predicted octanol–water partition coefficient (Wildman–Crippen LogP) is 0.865. The summed E-state index contributed by atoms with van der Waals surface area (Å²) in [5.41, 5.74) is 3.55. The lowest BCUT2D eigenvalue weighted by Crippen LogP contribution is -2.53. The van der Waals surface area contributed by atoms with E-state index in [0.29, 0.717) is 6.54 Å². The van der Waals surface area contributed by atoms with Crippen molar-refractivity contribution in [3.63, 3.8) is 0 Å². The molecule has 1 aromatic rings. The first kappa shape index (κ1) is 15.5. The van der Waals surface area contributed by atoms with Crippen LogP contribution in [0.4, 0.5) is 0 Å². The Bertz CT molecular complexity index is 536. The van der Waals surface area contributed by atoms with Gasteiger partial charge in [0, 0.05) is 19.6 Å². The molecule has 1 aromatic carbocycles. The van der Waals surface area contributed by atoms with E-state index in [1.165, 1.54) is 16.0 Å². The van der Waals surface area contributed by atoms with Crippen LogP contribution in [-0.2, 0) is 9.59 Å². The van der Waals surface area contributed by atoms with E-state index in [4.69, 9.17) is 0 Å². The lowest BCUT2D eigenvalue weighted by Gasteiger charge is -2.34. The zero-order valence-corrected chi connectivity index (χ0v) is 13.1. The highest BCUT2D eigenvalue weighted by Gasteiger charge is 2.29. The SMILES string of the molecule is CNC(CN1CC(=O)N(C)CC1=O)c1cc(C)cc(C)c1. The molecule has 0 bridgehead atoms. The molecule has 21 heavy (non-hydrogen) atoms. The van der Waals surface area contributed by atoms with Crippen LogP contribution >= 0.6 is 0 Å².